The third-order valence-corrected chi connectivity index (χ3v) is 7.22. The van der Waals surface area contributed by atoms with E-state index in [0.29, 0.717) is 30.3 Å². The Balaban J connectivity index is 1.47. The molecule has 2 aliphatic rings. The SMILES string of the molecule is OCCCN=C[C@H]1O[C@@H](n2cc(Cc3ccc(C4CC4)cc3)c3c(Cl)cccc32)[C@H](O)[C@@H](O)[C@@H]1O. The summed E-state index contributed by atoms with van der Waals surface area (Å²) in [6.07, 6.45) is 1.05. The van der Waals surface area contributed by atoms with Crippen molar-refractivity contribution in [3.05, 3.63) is 70.4 Å². The number of benzene rings is 2. The topological polar surface area (TPSA) is 107 Å². The van der Waals surface area contributed by atoms with Crippen LogP contribution in [0.3, 0.4) is 0 Å². The van der Waals surface area contributed by atoms with Crippen molar-refractivity contribution in [3.63, 3.8) is 0 Å². The first-order valence-electron chi connectivity index (χ1n) is 12.1. The number of fused-ring (bicyclic) bond motifs is 1. The zero-order chi connectivity index (χ0) is 24.5. The van der Waals surface area contributed by atoms with Gasteiger partial charge in [0, 0.05) is 30.9 Å². The molecule has 35 heavy (non-hydrogen) atoms. The van der Waals surface area contributed by atoms with Crippen LogP contribution in [-0.4, -0.2) is 68.8 Å². The molecule has 0 spiro atoms. The second-order valence-electron chi connectivity index (χ2n) is 9.48. The first kappa shape index (κ1) is 24.4. The summed E-state index contributed by atoms with van der Waals surface area (Å²) in [6.45, 7) is 0.385. The second-order valence-corrected chi connectivity index (χ2v) is 9.89. The number of aliphatic imine (C=N–C) groups is 1. The van der Waals surface area contributed by atoms with Gasteiger partial charge in [-0.25, -0.2) is 0 Å². The van der Waals surface area contributed by atoms with Gasteiger partial charge >= 0.3 is 0 Å². The Morgan fingerprint density at radius 1 is 1.03 bits per heavy atom. The van der Waals surface area contributed by atoms with E-state index < -0.39 is 30.6 Å². The van der Waals surface area contributed by atoms with Gasteiger partial charge in [-0.2, -0.15) is 0 Å². The highest BCUT2D eigenvalue weighted by Gasteiger charge is 2.44. The Bertz CT molecular complexity index is 1190. The van der Waals surface area contributed by atoms with Crippen LogP contribution in [0.1, 0.15) is 48.1 Å². The average molecular weight is 499 g/mol. The van der Waals surface area contributed by atoms with Crippen LogP contribution in [-0.2, 0) is 11.2 Å². The minimum absolute atomic E-state index is 0.0115. The molecule has 3 aromatic rings. The highest BCUT2D eigenvalue weighted by atomic mass is 35.5. The highest BCUT2D eigenvalue weighted by Crippen LogP contribution is 2.40. The van der Waals surface area contributed by atoms with Gasteiger partial charge in [-0.05, 0) is 60.4 Å². The Labute approximate surface area is 209 Å². The fraction of sp³-hybridized carbons (Fsp3) is 0.444. The molecular weight excluding hydrogens is 468 g/mol. The standard InChI is InChI=1S/C27H31ClN2O5/c28-20-3-1-4-21-23(20)19(13-16-5-7-17(8-6-16)18-9-10-18)15-30(21)27-26(34)25(33)24(32)22(35-27)14-29-11-2-12-31/h1,3-8,14-15,18,22,24-27,31-34H,2,9-13H2/t22-,24-,25+,26-,27-/m1/s1. The fourth-order valence-electron chi connectivity index (χ4n) is 4.82. The van der Waals surface area contributed by atoms with Gasteiger partial charge < -0.3 is 29.7 Å². The van der Waals surface area contributed by atoms with E-state index in [0.717, 1.165) is 22.0 Å². The number of aromatic nitrogens is 1. The molecule has 1 aliphatic carbocycles. The van der Waals surface area contributed by atoms with Crippen molar-refractivity contribution >= 4 is 28.7 Å². The molecule has 2 heterocycles. The lowest BCUT2D eigenvalue weighted by Crippen LogP contribution is -2.55. The molecule has 186 valence electrons. The van der Waals surface area contributed by atoms with Crippen molar-refractivity contribution in [2.24, 2.45) is 4.99 Å². The van der Waals surface area contributed by atoms with Crippen LogP contribution < -0.4 is 0 Å². The fourth-order valence-corrected chi connectivity index (χ4v) is 5.11. The third-order valence-electron chi connectivity index (χ3n) is 6.91. The van der Waals surface area contributed by atoms with E-state index in [1.54, 1.807) is 4.57 Å². The molecule has 0 amide bonds. The minimum Gasteiger partial charge on any atom is -0.396 e. The van der Waals surface area contributed by atoms with Gasteiger partial charge in [0.1, 0.15) is 24.4 Å². The van der Waals surface area contributed by atoms with E-state index in [2.05, 4.69) is 29.3 Å². The number of rotatable bonds is 8. The Kier molecular flexibility index (Phi) is 7.25. The molecule has 2 fully saturated rings. The van der Waals surface area contributed by atoms with Crippen LogP contribution in [0.15, 0.2) is 53.7 Å². The van der Waals surface area contributed by atoms with E-state index in [9.17, 15) is 15.3 Å². The van der Waals surface area contributed by atoms with E-state index >= 15 is 0 Å². The molecule has 5 atom stereocenters. The number of hydrogen-bond acceptors (Lipinski definition) is 6. The molecule has 0 radical (unpaired) electrons. The number of aliphatic hydroxyl groups excluding tert-OH is 4. The van der Waals surface area contributed by atoms with Crippen molar-refractivity contribution < 1.29 is 25.2 Å². The van der Waals surface area contributed by atoms with E-state index in [1.807, 2.05) is 24.4 Å². The zero-order valence-corrected chi connectivity index (χ0v) is 20.1. The van der Waals surface area contributed by atoms with Crippen LogP contribution in [0.4, 0.5) is 0 Å². The Morgan fingerprint density at radius 3 is 2.51 bits per heavy atom. The summed E-state index contributed by atoms with van der Waals surface area (Å²) in [6, 6.07) is 14.3. The predicted octanol–water partition coefficient (Wildman–Crippen LogP) is 3.20. The lowest BCUT2D eigenvalue weighted by atomic mass is 9.98. The first-order chi connectivity index (χ1) is 17.0. The monoisotopic (exact) mass is 498 g/mol. The summed E-state index contributed by atoms with van der Waals surface area (Å²) < 4.78 is 7.84. The first-order valence-corrected chi connectivity index (χ1v) is 12.5. The summed E-state index contributed by atoms with van der Waals surface area (Å²) in [5, 5.41) is 42.3. The molecule has 0 unspecified atom stereocenters. The van der Waals surface area contributed by atoms with Crippen molar-refractivity contribution in [2.75, 3.05) is 13.2 Å². The minimum atomic E-state index is -1.42. The van der Waals surface area contributed by atoms with Crippen LogP contribution in [0.25, 0.3) is 10.9 Å². The van der Waals surface area contributed by atoms with Gasteiger partial charge in [0.05, 0.1) is 10.5 Å². The molecule has 7 nitrogen and oxygen atoms in total. The van der Waals surface area contributed by atoms with Crippen molar-refractivity contribution in [3.8, 4) is 0 Å². The molecule has 8 heteroatoms. The van der Waals surface area contributed by atoms with Gasteiger partial charge in [-0.15, -0.1) is 0 Å². The van der Waals surface area contributed by atoms with Crippen molar-refractivity contribution in [1.82, 2.24) is 4.57 Å². The van der Waals surface area contributed by atoms with Gasteiger partial charge in [0.15, 0.2) is 6.23 Å². The van der Waals surface area contributed by atoms with Crippen LogP contribution >= 0.6 is 11.6 Å². The molecular formula is C27H31ClN2O5. The second kappa shape index (κ2) is 10.4. The van der Waals surface area contributed by atoms with Crippen molar-refractivity contribution in [2.45, 2.75) is 62.2 Å². The number of nitrogens with zero attached hydrogens (tertiary/aromatic N) is 2. The summed E-state index contributed by atoms with van der Waals surface area (Å²) in [4.78, 5) is 4.19. The Morgan fingerprint density at radius 2 is 1.80 bits per heavy atom. The van der Waals surface area contributed by atoms with E-state index in [1.165, 1.54) is 24.6 Å². The molecule has 4 N–H and O–H groups in total. The predicted molar refractivity (Wildman–Crippen MR) is 135 cm³/mol. The van der Waals surface area contributed by atoms with E-state index in [-0.39, 0.29) is 6.61 Å². The molecule has 1 aliphatic heterocycles. The molecule has 1 saturated heterocycles. The zero-order valence-electron chi connectivity index (χ0n) is 19.4. The molecule has 5 rings (SSSR count). The van der Waals surface area contributed by atoms with Crippen LogP contribution in [0.5, 0.6) is 0 Å². The lowest BCUT2D eigenvalue weighted by molar-refractivity contribution is -0.225. The number of halogens is 1. The summed E-state index contributed by atoms with van der Waals surface area (Å²) in [5.41, 5.74) is 4.29. The quantitative estimate of drug-likeness (QED) is 0.282. The lowest BCUT2D eigenvalue weighted by Gasteiger charge is -2.40. The maximum absolute atomic E-state index is 10.8. The molecule has 2 aromatic carbocycles. The largest absolute Gasteiger partial charge is 0.396 e. The van der Waals surface area contributed by atoms with Gasteiger partial charge in [-0.3, -0.25) is 4.99 Å². The number of ether oxygens (including phenoxy) is 1. The third kappa shape index (κ3) is 5.03. The van der Waals surface area contributed by atoms with Crippen LogP contribution in [0, 0.1) is 0 Å². The van der Waals surface area contributed by atoms with Crippen LogP contribution in [0.2, 0.25) is 5.02 Å². The van der Waals surface area contributed by atoms with Gasteiger partial charge in [-0.1, -0.05) is 41.9 Å². The number of hydrogen-bond donors (Lipinski definition) is 4. The van der Waals surface area contributed by atoms with Crippen molar-refractivity contribution in [1.29, 1.82) is 0 Å². The maximum atomic E-state index is 10.8. The maximum Gasteiger partial charge on any atom is 0.163 e. The van der Waals surface area contributed by atoms with Gasteiger partial charge in [0.2, 0.25) is 0 Å². The summed E-state index contributed by atoms with van der Waals surface area (Å²) in [7, 11) is 0. The molecule has 1 aromatic heterocycles. The smallest absolute Gasteiger partial charge is 0.163 e. The summed E-state index contributed by atoms with van der Waals surface area (Å²) in [5.74, 6) is 0.701. The average Bonchev–Trinajstić information content (AvgIpc) is 3.65. The van der Waals surface area contributed by atoms with E-state index in [4.69, 9.17) is 21.4 Å². The molecule has 1 saturated carbocycles. The van der Waals surface area contributed by atoms with Gasteiger partial charge in [0.25, 0.3) is 0 Å². The molecule has 0 bridgehead atoms. The normalized spacial score (nSPS) is 27.2. The summed E-state index contributed by atoms with van der Waals surface area (Å²) >= 11 is 6.62. The highest BCUT2D eigenvalue weighted by molar-refractivity contribution is 6.35. The number of aliphatic hydroxyl groups is 4. The Hall–Kier alpha value is -2.26.